The van der Waals surface area contributed by atoms with Gasteiger partial charge in [-0.1, -0.05) is 41.6 Å². The Morgan fingerprint density at radius 1 is 1.11 bits per heavy atom. The summed E-state index contributed by atoms with van der Waals surface area (Å²) in [6.07, 6.45) is 0. The summed E-state index contributed by atoms with van der Waals surface area (Å²) in [6, 6.07) is 16.1. The number of hydrogen-bond donors (Lipinski definition) is 1. The first-order chi connectivity index (χ1) is 9.28. The van der Waals surface area contributed by atoms with Crippen LogP contribution in [0.4, 0.5) is 0 Å². The van der Waals surface area contributed by atoms with Gasteiger partial charge < -0.3 is 5.73 Å². The van der Waals surface area contributed by atoms with E-state index in [4.69, 9.17) is 17.3 Å². The van der Waals surface area contributed by atoms with Crippen molar-refractivity contribution in [2.24, 2.45) is 5.73 Å². The number of nitrogens with two attached hydrogens (primary N) is 1. The van der Waals surface area contributed by atoms with Crippen LogP contribution in [0.25, 0.3) is 0 Å². The molecule has 0 fully saturated rings. The molecule has 2 rings (SSSR count). The molecule has 0 amide bonds. The number of thioether (sulfide) groups is 1. The highest BCUT2D eigenvalue weighted by atomic mass is 35.5. The minimum atomic E-state index is 0.395. The molecule has 19 heavy (non-hydrogen) atoms. The first-order valence-electron chi connectivity index (χ1n) is 5.94. The minimum absolute atomic E-state index is 0.395. The van der Waals surface area contributed by atoms with Gasteiger partial charge in [0.2, 0.25) is 0 Å². The highest BCUT2D eigenvalue weighted by molar-refractivity contribution is 7.98. The Kier molecular flexibility index (Phi) is 5.35. The van der Waals surface area contributed by atoms with E-state index in [1.165, 1.54) is 10.5 Å². The van der Waals surface area contributed by atoms with Crippen LogP contribution in [0.3, 0.4) is 0 Å². The van der Waals surface area contributed by atoms with Crippen LogP contribution in [0.1, 0.15) is 11.1 Å². The van der Waals surface area contributed by atoms with Crippen molar-refractivity contribution in [1.82, 2.24) is 0 Å². The molecular formula is C16H14ClNS. The van der Waals surface area contributed by atoms with E-state index in [0.29, 0.717) is 6.54 Å². The fourth-order valence-electron chi connectivity index (χ4n) is 1.56. The Labute approximate surface area is 123 Å². The SMILES string of the molecule is NCC#Cc1ccc(CSc2cccc(Cl)c2)cc1. The molecule has 0 aromatic heterocycles. The number of rotatable bonds is 3. The van der Waals surface area contributed by atoms with Crippen molar-refractivity contribution in [1.29, 1.82) is 0 Å². The van der Waals surface area contributed by atoms with E-state index in [1.54, 1.807) is 11.8 Å². The van der Waals surface area contributed by atoms with Gasteiger partial charge in [0.15, 0.2) is 0 Å². The molecular weight excluding hydrogens is 274 g/mol. The number of hydrogen-bond acceptors (Lipinski definition) is 2. The zero-order valence-corrected chi connectivity index (χ0v) is 12.0. The van der Waals surface area contributed by atoms with Gasteiger partial charge in [0, 0.05) is 21.2 Å². The molecule has 0 aliphatic rings. The van der Waals surface area contributed by atoms with Crippen LogP contribution in [-0.4, -0.2) is 6.54 Å². The van der Waals surface area contributed by atoms with E-state index in [0.717, 1.165) is 16.3 Å². The van der Waals surface area contributed by atoms with Crippen LogP contribution in [-0.2, 0) is 5.75 Å². The van der Waals surface area contributed by atoms with Gasteiger partial charge >= 0.3 is 0 Å². The molecule has 96 valence electrons. The first kappa shape index (κ1) is 14.0. The maximum atomic E-state index is 5.96. The van der Waals surface area contributed by atoms with Gasteiger partial charge in [0.25, 0.3) is 0 Å². The Morgan fingerprint density at radius 3 is 2.58 bits per heavy atom. The van der Waals surface area contributed by atoms with Crippen molar-refractivity contribution >= 4 is 23.4 Å². The maximum Gasteiger partial charge on any atom is 0.0555 e. The average molecular weight is 288 g/mol. The second-order valence-electron chi connectivity index (χ2n) is 3.95. The number of benzene rings is 2. The van der Waals surface area contributed by atoms with Crippen molar-refractivity contribution < 1.29 is 0 Å². The van der Waals surface area contributed by atoms with E-state index in [1.807, 2.05) is 30.3 Å². The van der Waals surface area contributed by atoms with Gasteiger partial charge in [-0.05, 0) is 35.9 Å². The standard InChI is InChI=1S/C16H14ClNS/c17-15-4-1-5-16(11-15)19-12-14-8-6-13(7-9-14)3-2-10-18/h1,4-9,11H,10,12,18H2. The predicted molar refractivity (Wildman–Crippen MR) is 83.4 cm³/mol. The summed E-state index contributed by atoms with van der Waals surface area (Å²) < 4.78 is 0. The Bertz CT molecular complexity index is 596. The van der Waals surface area contributed by atoms with Crippen LogP contribution in [0.2, 0.25) is 5.02 Å². The third kappa shape index (κ3) is 4.65. The van der Waals surface area contributed by atoms with Gasteiger partial charge in [-0.25, -0.2) is 0 Å². The lowest BCUT2D eigenvalue weighted by atomic mass is 10.1. The lowest BCUT2D eigenvalue weighted by molar-refractivity contribution is 1.30. The molecule has 0 unspecified atom stereocenters. The van der Waals surface area contributed by atoms with Crippen LogP contribution in [0.15, 0.2) is 53.4 Å². The van der Waals surface area contributed by atoms with Gasteiger partial charge in [-0.3, -0.25) is 0 Å². The van der Waals surface area contributed by atoms with Crippen molar-refractivity contribution in [2.75, 3.05) is 6.54 Å². The van der Waals surface area contributed by atoms with Crippen molar-refractivity contribution in [2.45, 2.75) is 10.6 Å². The fourth-order valence-corrected chi connectivity index (χ4v) is 2.73. The molecule has 0 bridgehead atoms. The summed E-state index contributed by atoms with van der Waals surface area (Å²) in [4.78, 5) is 1.18. The summed E-state index contributed by atoms with van der Waals surface area (Å²) in [7, 11) is 0. The molecule has 2 aromatic rings. The van der Waals surface area contributed by atoms with Crippen LogP contribution in [0.5, 0.6) is 0 Å². The van der Waals surface area contributed by atoms with Crippen LogP contribution in [0, 0.1) is 11.8 Å². The fraction of sp³-hybridized carbons (Fsp3) is 0.125. The third-order valence-electron chi connectivity index (χ3n) is 2.49. The summed E-state index contributed by atoms with van der Waals surface area (Å²) in [5, 5.41) is 0.775. The van der Waals surface area contributed by atoms with Gasteiger partial charge in [0.05, 0.1) is 6.54 Å². The smallest absolute Gasteiger partial charge is 0.0555 e. The van der Waals surface area contributed by atoms with E-state index < -0.39 is 0 Å². The molecule has 0 saturated heterocycles. The van der Waals surface area contributed by atoms with E-state index in [2.05, 4.69) is 30.0 Å². The van der Waals surface area contributed by atoms with Crippen molar-refractivity contribution in [3.8, 4) is 11.8 Å². The highest BCUT2D eigenvalue weighted by Gasteiger charge is 1.97. The first-order valence-corrected chi connectivity index (χ1v) is 7.30. The zero-order chi connectivity index (χ0) is 13.5. The average Bonchev–Trinajstić information content (AvgIpc) is 2.44. The van der Waals surface area contributed by atoms with E-state index in [9.17, 15) is 0 Å². The minimum Gasteiger partial charge on any atom is -0.320 e. The molecule has 0 radical (unpaired) electrons. The summed E-state index contributed by atoms with van der Waals surface area (Å²) in [5.41, 5.74) is 7.61. The molecule has 0 spiro atoms. The topological polar surface area (TPSA) is 26.0 Å². The molecule has 1 nitrogen and oxygen atoms in total. The third-order valence-corrected chi connectivity index (χ3v) is 3.79. The van der Waals surface area contributed by atoms with Crippen LogP contribution >= 0.6 is 23.4 Å². The second kappa shape index (κ2) is 7.25. The van der Waals surface area contributed by atoms with Gasteiger partial charge in [-0.15, -0.1) is 11.8 Å². The maximum absolute atomic E-state index is 5.96. The monoisotopic (exact) mass is 287 g/mol. The molecule has 0 saturated carbocycles. The quantitative estimate of drug-likeness (QED) is 0.683. The Morgan fingerprint density at radius 2 is 1.89 bits per heavy atom. The van der Waals surface area contributed by atoms with Crippen molar-refractivity contribution in [3.63, 3.8) is 0 Å². The van der Waals surface area contributed by atoms with Gasteiger partial charge in [0.1, 0.15) is 0 Å². The Balaban J connectivity index is 1.96. The molecule has 3 heteroatoms. The predicted octanol–water partition coefficient (Wildman–Crippen LogP) is 3.94. The second-order valence-corrected chi connectivity index (χ2v) is 5.43. The molecule has 2 aromatic carbocycles. The largest absolute Gasteiger partial charge is 0.320 e. The van der Waals surface area contributed by atoms with Gasteiger partial charge in [-0.2, -0.15) is 0 Å². The molecule has 0 aliphatic heterocycles. The molecule has 2 N–H and O–H groups in total. The zero-order valence-electron chi connectivity index (χ0n) is 10.4. The lowest BCUT2D eigenvalue weighted by Gasteiger charge is -2.03. The Hall–Kier alpha value is -1.40. The molecule has 0 heterocycles. The van der Waals surface area contributed by atoms with E-state index in [-0.39, 0.29) is 0 Å². The highest BCUT2D eigenvalue weighted by Crippen LogP contribution is 2.25. The molecule has 0 atom stereocenters. The van der Waals surface area contributed by atoms with Crippen LogP contribution < -0.4 is 5.73 Å². The lowest BCUT2D eigenvalue weighted by Crippen LogP contribution is -1.93. The number of halogens is 1. The van der Waals surface area contributed by atoms with E-state index >= 15 is 0 Å². The molecule has 0 aliphatic carbocycles. The summed E-state index contributed by atoms with van der Waals surface area (Å²) >= 11 is 7.73. The summed E-state index contributed by atoms with van der Waals surface area (Å²) in [6.45, 7) is 0.395. The normalized spacial score (nSPS) is 9.79. The summed E-state index contributed by atoms with van der Waals surface area (Å²) in [5.74, 6) is 6.78. The van der Waals surface area contributed by atoms with Crippen molar-refractivity contribution in [3.05, 3.63) is 64.7 Å².